The van der Waals surface area contributed by atoms with Gasteiger partial charge in [-0.2, -0.15) is 17.6 Å². The van der Waals surface area contributed by atoms with Crippen molar-refractivity contribution in [2.75, 3.05) is 26.4 Å². The third-order valence-electron chi connectivity index (χ3n) is 7.51. The summed E-state index contributed by atoms with van der Waals surface area (Å²) < 4.78 is 122. The zero-order valence-corrected chi connectivity index (χ0v) is 24.9. The van der Waals surface area contributed by atoms with Crippen LogP contribution in [0.3, 0.4) is 0 Å². The Morgan fingerprint density at radius 2 is 0.822 bits per heavy atom. The molecule has 2 aromatic rings. The minimum Gasteiger partial charge on any atom is -0.491 e. The molecule has 0 amide bonds. The van der Waals surface area contributed by atoms with E-state index in [1.807, 2.05) is 0 Å². The Bertz CT molecular complexity index is 1090. The van der Waals surface area contributed by atoms with E-state index in [0.29, 0.717) is 11.5 Å². The molecule has 0 aliphatic heterocycles. The summed E-state index contributed by atoms with van der Waals surface area (Å²) in [5.74, 6) is -8.78. The Labute approximate surface area is 255 Å². The first-order valence-corrected chi connectivity index (χ1v) is 13.8. The van der Waals surface area contributed by atoms with Gasteiger partial charge >= 0.3 is 24.7 Å². The lowest BCUT2D eigenvalue weighted by molar-refractivity contribution is -0.233. The number of benzene rings is 2. The molecule has 45 heavy (non-hydrogen) atoms. The summed E-state index contributed by atoms with van der Waals surface area (Å²) in [6.07, 6.45) is -17.2. The van der Waals surface area contributed by atoms with E-state index >= 15 is 0 Å². The van der Waals surface area contributed by atoms with E-state index in [-0.39, 0.29) is 37.6 Å². The van der Waals surface area contributed by atoms with E-state index in [2.05, 4.69) is 0 Å². The summed E-state index contributed by atoms with van der Waals surface area (Å²) in [6.45, 7) is 4.62. The molecule has 0 radical (unpaired) electrons. The Morgan fingerprint density at radius 3 is 1.09 bits per heavy atom. The summed E-state index contributed by atoms with van der Waals surface area (Å²) in [5, 5.41) is 40.7. The lowest BCUT2D eigenvalue weighted by atomic mass is 9.75. The predicted molar refractivity (Wildman–Crippen MR) is 146 cm³/mol. The second kappa shape index (κ2) is 15.2. The monoisotopic (exact) mass is 662 g/mol. The minimum absolute atomic E-state index is 0.0888. The molecule has 0 spiro atoms. The van der Waals surface area contributed by atoms with Gasteiger partial charge in [0.25, 0.3) is 0 Å². The maximum Gasteiger partial charge on any atom is 0.333 e. The number of aliphatic hydroxyl groups excluding tert-OH is 4. The highest BCUT2D eigenvalue weighted by molar-refractivity contribution is 5.30. The molecule has 4 N–H and O–H groups in total. The number of alkyl halides is 8. The molecule has 0 fully saturated rings. The minimum atomic E-state index is -4.72. The Balaban J connectivity index is 1.77. The number of rotatable bonds is 18. The van der Waals surface area contributed by atoms with Gasteiger partial charge in [0.05, 0.1) is 25.4 Å². The molecule has 0 aliphatic rings. The molecule has 4 atom stereocenters. The Hall–Kier alpha value is -2.72. The summed E-state index contributed by atoms with van der Waals surface area (Å²) >= 11 is 0. The molecule has 2 aromatic carbocycles. The van der Waals surface area contributed by atoms with Crippen LogP contribution < -0.4 is 9.47 Å². The van der Waals surface area contributed by atoms with Gasteiger partial charge in [-0.15, -0.1) is 0 Å². The van der Waals surface area contributed by atoms with Crippen LogP contribution in [0.25, 0.3) is 0 Å². The molecular formula is C30H38F8O7. The molecule has 0 saturated carbocycles. The van der Waals surface area contributed by atoms with Crippen LogP contribution >= 0.6 is 0 Å². The number of hydrogen-bond acceptors (Lipinski definition) is 7. The van der Waals surface area contributed by atoms with Gasteiger partial charge in [0, 0.05) is 10.8 Å². The van der Waals surface area contributed by atoms with Crippen molar-refractivity contribution < 1.29 is 69.8 Å². The highest BCUT2D eigenvalue weighted by Gasteiger charge is 2.57. The maximum atomic E-state index is 13.7. The van der Waals surface area contributed by atoms with Gasteiger partial charge in [0.1, 0.15) is 36.9 Å². The van der Waals surface area contributed by atoms with E-state index in [9.17, 15) is 55.5 Å². The third kappa shape index (κ3) is 9.18. The summed E-state index contributed by atoms with van der Waals surface area (Å²) in [7, 11) is 0. The largest absolute Gasteiger partial charge is 0.491 e. The molecule has 0 saturated heterocycles. The van der Waals surface area contributed by atoms with Crippen molar-refractivity contribution >= 4 is 0 Å². The predicted octanol–water partition coefficient (Wildman–Crippen LogP) is 5.80. The van der Waals surface area contributed by atoms with Crippen molar-refractivity contribution in [2.45, 2.75) is 76.8 Å². The van der Waals surface area contributed by atoms with Gasteiger partial charge in [-0.3, -0.25) is 0 Å². The van der Waals surface area contributed by atoms with Gasteiger partial charge in [0.15, 0.2) is 0 Å². The third-order valence-corrected chi connectivity index (χ3v) is 7.51. The second-order valence-corrected chi connectivity index (χ2v) is 11.7. The number of hydrogen-bond donors (Lipinski definition) is 4. The number of ether oxygens (including phenoxy) is 3. The first-order chi connectivity index (χ1) is 20.7. The molecule has 256 valence electrons. The van der Waals surface area contributed by atoms with Crippen molar-refractivity contribution in [1.29, 1.82) is 0 Å². The molecule has 0 aliphatic carbocycles. The maximum absolute atomic E-state index is 13.7. The van der Waals surface area contributed by atoms with Crippen molar-refractivity contribution in [2.24, 2.45) is 10.8 Å². The van der Waals surface area contributed by atoms with Crippen LogP contribution in [-0.2, 0) is 4.74 Å². The van der Waals surface area contributed by atoms with E-state index in [4.69, 9.17) is 14.2 Å². The lowest BCUT2D eigenvalue weighted by Crippen LogP contribution is -2.51. The van der Waals surface area contributed by atoms with Crippen LogP contribution in [0, 0.1) is 10.8 Å². The highest BCUT2D eigenvalue weighted by atomic mass is 19.3. The number of halogens is 8. The van der Waals surface area contributed by atoms with Crippen LogP contribution in [0.5, 0.6) is 11.5 Å². The van der Waals surface area contributed by atoms with Crippen molar-refractivity contribution in [3.8, 4) is 11.5 Å². The quantitative estimate of drug-likeness (QED) is 0.118. The standard InChI is InChI=1S/C30H38F8O7/c1-27(2,23(41)29(35,36)25(31)32)21(39)17-5-9-19(10-6-17)44-15-13-43-14-16-45-20-11-7-18(8-12-20)22(40)28(3,4)24(42)30(37,38)26(33)34/h5-12,21-26,39-42H,13-16H2,1-4H3. The highest BCUT2D eigenvalue weighted by Crippen LogP contribution is 2.45. The topological polar surface area (TPSA) is 109 Å². The van der Waals surface area contributed by atoms with Crippen LogP contribution in [0.15, 0.2) is 48.5 Å². The first kappa shape index (κ1) is 38.5. The van der Waals surface area contributed by atoms with Gasteiger partial charge in [-0.25, -0.2) is 17.6 Å². The van der Waals surface area contributed by atoms with Gasteiger partial charge < -0.3 is 34.6 Å². The van der Waals surface area contributed by atoms with Gasteiger partial charge in [-0.1, -0.05) is 52.0 Å². The SMILES string of the molecule is CC(C)(C(O)c1ccc(OCCOCCOc2ccc(C(O)C(C)(C)C(O)C(F)(F)C(F)F)cc2)cc1)C(O)C(F)(F)C(F)F. The molecule has 0 aromatic heterocycles. The van der Waals surface area contributed by atoms with Crippen LogP contribution in [0.4, 0.5) is 35.1 Å². The summed E-state index contributed by atoms with van der Waals surface area (Å²) in [5.41, 5.74) is -3.83. The van der Waals surface area contributed by atoms with Crippen LogP contribution in [0.1, 0.15) is 51.0 Å². The molecule has 15 heteroatoms. The average molecular weight is 663 g/mol. The van der Waals surface area contributed by atoms with E-state index in [0.717, 1.165) is 27.7 Å². The van der Waals surface area contributed by atoms with Gasteiger partial charge in [0.2, 0.25) is 0 Å². The molecule has 2 rings (SSSR count). The fourth-order valence-corrected chi connectivity index (χ4v) is 4.42. The van der Waals surface area contributed by atoms with Crippen molar-refractivity contribution in [1.82, 2.24) is 0 Å². The summed E-state index contributed by atoms with van der Waals surface area (Å²) in [6, 6.07) is 11.0. The zero-order valence-electron chi connectivity index (χ0n) is 24.9. The number of aliphatic hydroxyl groups is 4. The normalized spacial score (nSPS) is 16.0. The van der Waals surface area contributed by atoms with Gasteiger partial charge in [-0.05, 0) is 35.4 Å². The molecule has 0 bridgehead atoms. The second-order valence-electron chi connectivity index (χ2n) is 11.7. The van der Waals surface area contributed by atoms with E-state index < -0.39 is 59.9 Å². The smallest absolute Gasteiger partial charge is 0.333 e. The van der Waals surface area contributed by atoms with Crippen LogP contribution in [0.2, 0.25) is 0 Å². The summed E-state index contributed by atoms with van der Waals surface area (Å²) in [4.78, 5) is 0. The molecule has 7 nitrogen and oxygen atoms in total. The fraction of sp³-hybridized carbons (Fsp3) is 0.600. The Kier molecular flexibility index (Phi) is 13.0. The van der Waals surface area contributed by atoms with Crippen molar-refractivity contribution in [3.05, 3.63) is 59.7 Å². The molecule has 0 heterocycles. The first-order valence-electron chi connectivity index (χ1n) is 13.8. The lowest BCUT2D eigenvalue weighted by Gasteiger charge is -2.38. The van der Waals surface area contributed by atoms with E-state index in [1.54, 1.807) is 0 Å². The molecular weight excluding hydrogens is 624 g/mol. The zero-order chi connectivity index (χ0) is 34.4. The molecule has 4 unspecified atom stereocenters. The average Bonchev–Trinajstić information content (AvgIpc) is 2.99. The van der Waals surface area contributed by atoms with E-state index in [1.165, 1.54) is 48.5 Å². The Morgan fingerprint density at radius 1 is 0.533 bits per heavy atom. The van der Waals surface area contributed by atoms with Crippen LogP contribution in [-0.4, -0.2) is 83.8 Å². The van der Waals surface area contributed by atoms with Crippen molar-refractivity contribution in [3.63, 3.8) is 0 Å². The fourth-order valence-electron chi connectivity index (χ4n) is 4.42.